The summed E-state index contributed by atoms with van der Waals surface area (Å²) in [5.74, 6) is 1.58. The van der Waals surface area contributed by atoms with Crippen molar-refractivity contribution in [2.75, 3.05) is 13.2 Å². The maximum Gasteiger partial charge on any atom is 0.184 e. The first-order chi connectivity index (χ1) is 11.4. The largest absolute Gasteiger partial charge is 0.486 e. The zero-order chi connectivity index (χ0) is 15.5. The summed E-state index contributed by atoms with van der Waals surface area (Å²) in [6, 6.07) is 15.8. The molecule has 4 rings (SSSR count). The van der Waals surface area contributed by atoms with Crippen LogP contribution in [-0.2, 0) is 0 Å². The van der Waals surface area contributed by atoms with Crippen LogP contribution in [0.3, 0.4) is 0 Å². The Labute approximate surface area is 138 Å². The molecule has 0 aromatic heterocycles. The Morgan fingerprint density at radius 2 is 1.74 bits per heavy atom. The van der Waals surface area contributed by atoms with Crippen molar-refractivity contribution in [1.29, 1.82) is 0 Å². The van der Waals surface area contributed by atoms with Gasteiger partial charge in [0.25, 0.3) is 0 Å². The fourth-order valence-electron chi connectivity index (χ4n) is 2.32. The normalized spacial score (nSPS) is 17.9. The minimum Gasteiger partial charge on any atom is -0.486 e. The van der Waals surface area contributed by atoms with Crippen molar-refractivity contribution >= 4 is 28.3 Å². The molecule has 2 heterocycles. The number of rotatable bonds is 2. The number of ether oxygens (including phenoxy) is 2. The van der Waals surface area contributed by atoms with Gasteiger partial charge in [0.1, 0.15) is 13.2 Å². The van der Waals surface area contributed by atoms with Crippen LogP contribution in [0.4, 0.5) is 5.69 Å². The lowest BCUT2D eigenvalue weighted by atomic mass is 10.1. The number of thioether (sulfide) groups is 1. The maximum absolute atomic E-state index is 5.62. The second-order valence-electron chi connectivity index (χ2n) is 5.01. The van der Waals surface area contributed by atoms with Crippen LogP contribution in [0.25, 0.3) is 5.70 Å². The molecule has 0 saturated heterocycles. The standard InChI is InChI=1S/C17H15N3O2S/c1-2-4-13(5-3-1)18-17-20-19-14(11-23-17)12-6-7-15-16(10-12)22-9-8-21-15/h1-7,10-11,19H,8-9H2,(H,18,20). The van der Waals surface area contributed by atoms with Gasteiger partial charge in [-0.3, -0.25) is 10.9 Å². The highest BCUT2D eigenvalue weighted by Crippen LogP contribution is 2.33. The highest BCUT2D eigenvalue weighted by molar-refractivity contribution is 8.16. The van der Waals surface area contributed by atoms with Crippen molar-refractivity contribution < 1.29 is 9.47 Å². The third-order valence-electron chi connectivity index (χ3n) is 3.43. The number of fused-ring (bicyclic) bond motifs is 1. The van der Waals surface area contributed by atoms with Gasteiger partial charge in [-0.1, -0.05) is 30.0 Å². The lowest BCUT2D eigenvalue weighted by Gasteiger charge is -2.22. The summed E-state index contributed by atoms with van der Waals surface area (Å²) in [6.07, 6.45) is 0. The number of nitrogens with one attached hydrogen (secondary N) is 2. The molecule has 2 N–H and O–H groups in total. The molecule has 0 radical (unpaired) electrons. The van der Waals surface area contributed by atoms with Crippen molar-refractivity contribution in [3.05, 3.63) is 59.5 Å². The molecule has 2 aliphatic rings. The molecule has 0 fully saturated rings. The fraction of sp³-hybridized carbons (Fsp3) is 0.118. The van der Waals surface area contributed by atoms with Gasteiger partial charge in [0.05, 0.1) is 11.4 Å². The second-order valence-corrected chi connectivity index (χ2v) is 5.87. The first-order valence-corrected chi connectivity index (χ1v) is 8.19. The summed E-state index contributed by atoms with van der Waals surface area (Å²) in [5.41, 5.74) is 9.22. The average molecular weight is 325 g/mol. The van der Waals surface area contributed by atoms with Crippen LogP contribution in [0.15, 0.2) is 58.9 Å². The van der Waals surface area contributed by atoms with Gasteiger partial charge in [-0.15, -0.1) is 0 Å². The highest BCUT2D eigenvalue weighted by atomic mass is 32.2. The molecule has 2 aromatic carbocycles. The minimum absolute atomic E-state index is 0.587. The quantitative estimate of drug-likeness (QED) is 0.887. The predicted octanol–water partition coefficient (Wildman–Crippen LogP) is 3.28. The van der Waals surface area contributed by atoms with E-state index in [0.29, 0.717) is 13.2 Å². The Hall–Kier alpha value is -2.60. The number of amidine groups is 1. The smallest absolute Gasteiger partial charge is 0.184 e. The Balaban J connectivity index is 1.52. The molecule has 2 aliphatic heterocycles. The van der Waals surface area contributed by atoms with Crippen molar-refractivity contribution in [2.45, 2.75) is 0 Å². The van der Waals surface area contributed by atoms with Gasteiger partial charge in [-0.05, 0) is 30.3 Å². The fourth-order valence-corrected chi connectivity index (χ4v) is 3.01. The van der Waals surface area contributed by atoms with Crippen LogP contribution in [-0.4, -0.2) is 18.4 Å². The summed E-state index contributed by atoms with van der Waals surface area (Å²) in [4.78, 5) is 4.53. The molecule has 23 heavy (non-hydrogen) atoms. The van der Waals surface area contributed by atoms with Gasteiger partial charge in [0.2, 0.25) is 0 Å². The lowest BCUT2D eigenvalue weighted by Crippen LogP contribution is -2.36. The first kappa shape index (κ1) is 14.0. The van der Waals surface area contributed by atoms with E-state index in [1.165, 1.54) is 0 Å². The van der Waals surface area contributed by atoms with Crippen LogP contribution in [0.2, 0.25) is 0 Å². The predicted molar refractivity (Wildman–Crippen MR) is 92.8 cm³/mol. The van der Waals surface area contributed by atoms with Crippen LogP contribution in [0, 0.1) is 0 Å². The summed E-state index contributed by atoms with van der Waals surface area (Å²) in [6.45, 7) is 1.19. The lowest BCUT2D eigenvalue weighted by molar-refractivity contribution is 0.171. The van der Waals surface area contributed by atoms with Crippen molar-refractivity contribution in [3.63, 3.8) is 0 Å². The monoisotopic (exact) mass is 325 g/mol. The van der Waals surface area contributed by atoms with Gasteiger partial charge < -0.3 is 9.47 Å². The molecular weight excluding hydrogens is 310 g/mol. The zero-order valence-corrected chi connectivity index (χ0v) is 13.1. The van der Waals surface area contributed by atoms with Crippen molar-refractivity contribution in [3.8, 4) is 11.5 Å². The summed E-state index contributed by atoms with van der Waals surface area (Å²) in [5, 5.41) is 2.83. The van der Waals surface area contributed by atoms with E-state index < -0.39 is 0 Å². The van der Waals surface area contributed by atoms with Gasteiger partial charge in [-0.25, -0.2) is 4.99 Å². The SMILES string of the molecule is C1=C(c2ccc3c(c2)OCCO3)NNC(=Nc2ccccc2)S1. The second kappa shape index (κ2) is 6.26. The van der Waals surface area contributed by atoms with Crippen LogP contribution >= 0.6 is 11.8 Å². The molecule has 0 amide bonds. The summed E-state index contributed by atoms with van der Waals surface area (Å²) < 4.78 is 11.2. The number of hydrogen-bond acceptors (Lipinski definition) is 5. The number of benzene rings is 2. The zero-order valence-electron chi connectivity index (χ0n) is 12.3. The van der Waals surface area contributed by atoms with Crippen LogP contribution in [0.5, 0.6) is 11.5 Å². The van der Waals surface area contributed by atoms with Gasteiger partial charge in [0.15, 0.2) is 16.7 Å². The van der Waals surface area contributed by atoms with Crippen LogP contribution < -0.4 is 20.3 Å². The Bertz CT molecular complexity index is 775. The van der Waals surface area contributed by atoms with Gasteiger partial charge in [-0.2, -0.15) is 0 Å². The summed E-state index contributed by atoms with van der Waals surface area (Å²) >= 11 is 1.54. The highest BCUT2D eigenvalue weighted by Gasteiger charge is 2.15. The van der Waals surface area contributed by atoms with Crippen LogP contribution in [0.1, 0.15) is 5.56 Å². The molecule has 0 bridgehead atoms. The van der Waals surface area contributed by atoms with Gasteiger partial charge in [0, 0.05) is 11.0 Å². The molecule has 0 unspecified atom stereocenters. The molecule has 0 aliphatic carbocycles. The molecule has 2 aromatic rings. The Morgan fingerprint density at radius 1 is 0.913 bits per heavy atom. The van der Waals surface area contributed by atoms with E-state index in [-0.39, 0.29) is 0 Å². The number of hydrazine groups is 1. The molecule has 0 spiro atoms. The molecule has 6 heteroatoms. The van der Waals surface area contributed by atoms with Gasteiger partial charge >= 0.3 is 0 Å². The number of hydrogen-bond donors (Lipinski definition) is 2. The maximum atomic E-state index is 5.62. The molecule has 116 valence electrons. The molecule has 0 atom stereocenters. The van der Waals surface area contributed by atoms with E-state index in [4.69, 9.17) is 9.47 Å². The van der Waals surface area contributed by atoms with E-state index in [1.54, 1.807) is 11.8 Å². The average Bonchev–Trinajstić information content (AvgIpc) is 2.63. The van der Waals surface area contributed by atoms with E-state index in [2.05, 4.69) is 15.8 Å². The number of aliphatic imine (C=N–C) groups is 1. The van der Waals surface area contributed by atoms with E-state index in [1.807, 2.05) is 53.9 Å². The topological polar surface area (TPSA) is 54.9 Å². The minimum atomic E-state index is 0.587. The van der Waals surface area contributed by atoms with E-state index in [0.717, 1.165) is 33.6 Å². The molecule has 0 saturated carbocycles. The van der Waals surface area contributed by atoms with Crippen molar-refractivity contribution in [2.24, 2.45) is 4.99 Å². The first-order valence-electron chi connectivity index (χ1n) is 7.31. The van der Waals surface area contributed by atoms with Crippen molar-refractivity contribution in [1.82, 2.24) is 10.9 Å². The Kier molecular flexibility index (Phi) is 3.81. The number of nitrogens with zero attached hydrogens (tertiary/aromatic N) is 1. The molecule has 5 nitrogen and oxygen atoms in total. The van der Waals surface area contributed by atoms with E-state index in [9.17, 15) is 0 Å². The van der Waals surface area contributed by atoms with E-state index >= 15 is 0 Å². The Morgan fingerprint density at radius 3 is 2.52 bits per heavy atom. The molecular formula is C17H15N3O2S. The third kappa shape index (κ3) is 3.12. The summed E-state index contributed by atoms with van der Waals surface area (Å²) in [7, 11) is 0. The number of para-hydroxylation sites is 1. The third-order valence-corrected chi connectivity index (χ3v) is 4.20.